The van der Waals surface area contributed by atoms with E-state index >= 15 is 0 Å². The number of hydrogen-bond donors (Lipinski definition) is 11. The van der Waals surface area contributed by atoms with Gasteiger partial charge >= 0.3 is 39.1 Å². The molecule has 58 heavy (non-hydrogen) atoms. The summed E-state index contributed by atoms with van der Waals surface area (Å²) < 4.78 is 98.9. The van der Waals surface area contributed by atoms with Crippen LogP contribution in [0.5, 0.6) is 0 Å². The van der Waals surface area contributed by atoms with Gasteiger partial charge in [0.25, 0.3) is 0 Å². The van der Waals surface area contributed by atoms with E-state index in [2.05, 4.69) is 56.2 Å². The molecule has 4 unspecified atom stereocenters. The van der Waals surface area contributed by atoms with Crippen molar-refractivity contribution in [3.8, 4) is 0 Å². The Hall–Kier alpha value is -1.83. The van der Waals surface area contributed by atoms with Gasteiger partial charge in [-0.2, -0.15) is 17.2 Å². The molecule has 4 aromatic heterocycles. The molecule has 6 heterocycles. The summed E-state index contributed by atoms with van der Waals surface area (Å²) in [7, 11) is -30.8. The van der Waals surface area contributed by atoms with Gasteiger partial charge in [0, 0.05) is 29.6 Å². The zero-order valence-electron chi connectivity index (χ0n) is 28.6. The third-order valence-electron chi connectivity index (χ3n) is 7.63. The van der Waals surface area contributed by atoms with E-state index in [0.29, 0.717) is 0 Å². The molecule has 12 atom stereocenters. The fourth-order valence-electron chi connectivity index (χ4n) is 5.25. The summed E-state index contributed by atoms with van der Waals surface area (Å²) in [6, 6.07) is 0. The monoisotopic (exact) mass is 939 g/mol. The predicted octanol–water partition coefficient (Wildman–Crippen LogP) is -2.71. The average molecular weight is 939 g/mol. The van der Waals surface area contributed by atoms with Gasteiger partial charge in [-0.3, -0.25) is 18.2 Å². The molecule has 0 aromatic carbocycles. The molecule has 32 nitrogen and oxygen atoms in total. The number of fused-ring (bicyclic) bond motifs is 2. The van der Waals surface area contributed by atoms with Crippen molar-refractivity contribution in [2.75, 3.05) is 24.7 Å². The molecule has 317 valence electrons. The molecule has 4 aromatic rings. The van der Waals surface area contributed by atoms with E-state index < -0.39 is 101 Å². The van der Waals surface area contributed by atoms with Crippen molar-refractivity contribution in [3.05, 3.63) is 25.3 Å². The van der Waals surface area contributed by atoms with Crippen LogP contribution >= 0.6 is 39.1 Å². The molecule has 0 aliphatic carbocycles. The summed E-state index contributed by atoms with van der Waals surface area (Å²) in [5, 5.41) is 41.8. The minimum absolute atomic E-state index is 0. The van der Waals surface area contributed by atoms with Crippen molar-refractivity contribution in [1.82, 2.24) is 39.0 Å². The number of aliphatic hydroxyl groups excluding tert-OH is 4. The number of imidazole rings is 2. The van der Waals surface area contributed by atoms with Gasteiger partial charge in [0.15, 0.2) is 35.4 Å². The maximum absolute atomic E-state index is 12.4. The molecule has 1 radical (unpaired) electrons. The molecule has 2 aliphatic heterocycles. The largest absolute Gasteiger partial charge is 0.490 e. The topological polar surface area (TPSA) is 481 Å². The van der Waals surface area contributed by atoms with E-state index in [4.69, 9.17) is 20.9 Å². The van der Waals surface area contributed by atoms with Crippen molar-refractivity contribution >= 4 is 103 Å². The quantitative estimate of drug-likeness (QED) is 0.0402. The third-order valence-corrected chi connectivity index (χ3v) is 15.2. The van der Waals surface area contributed by atoms with Crippen molar-refractivity contribution in [1.29, 1.82) is 0 Å². The Labute approximate surface area is 343 Å². The van der Waals surface area contributed by atoms with Gasteiger partial charge in [-0.1, -0.05) is 0 Å². The number of aliphatic hydroxyl groups is 4. The summed E-state index contributed by atoms with van der Waals surface area (Å²) in [5.41, 5.74) is 11.7. The number of ether oxygens (including phenoxy) is 2. The van der Waals surface area contributed by atoms with E-state index in [0.717, 1.165) is 34.4 Å². The first kappa shape index (κ1) is 47.2. The summed E-state index contributed by atoms with van der Waals surface area (Å²) in [6.07, 6.45) is -9.04. The fraction of sp³-hybridized carbons (Fsp3) is 0.500. The Morgan fingerprint density at radius 1 is 0.552 bits per heavy atom. The number of nitrogens with two attached hydrogens (primary N) is 2. The zero-order chi connectivity index (χ0) is 41.9. The van der Waals surface area contributed by atoms with Crippen LogP contribution in [0, 0.1) is 0 Å². The number of nitrogen functional groups attached to an aromatic ring is 2. The minimum atomic E-state index is -6.45. The Bertz CT molecular complexity index is 2240. The van der Waals surface area contributed by atoms with E-state index in [1.54, 1.807) is 0 Å². The van der Waals surface area contributed by atoms with Crippen LogP contribution in [0.4, 0.5) is 11.6 Å². The Morgan fingerprint density at radius 3 is 1.22 bits per heavy atom. The van der Waals surface area contributed by atoms with Crippen LogP contribution in [-0.2, 0) is 58.6 Å². The Balaban J connectivity index is 0.00000641. The Morgan fingerprint density at radius 2 is 0.879 bits per heavy atom. The molecule has 13 N–H and O–H groups in total. The maximum atomic E-state index is 12.4. The first-order valence-corrected chi connectivity index (χ1v) is 22.5. The predicted molar refractivity (Wildman–Crippen MR) is 182 cm³/mol. The summed E-state index contributed by atoms with van der Waals surface area (Å²) >= 11 is 0. The SMILES string of the molecule is Nc1ncnc2c1ncn2[C@@H]1O[C@H](COP(=O)(O)OP(=O)(O)OP(=O)(O)OP(=O)(O)OP(=O)(O)OC[C@H]2O[C@@H](n3cnc4c(N)ncnc43)[C@H](O)[C@@H]2O)[C@@H](O)[C@H]1O.[Na]. The second-order valence-corrected chi connectivity index (χ2v) is 19.3. The number of hydrogen-bond acceptors (Lipinski definition) is 25. The van der Waals surface area contributed by atoms with Crippen LogP contribution in [0.25, 0.3) is 22.3 Å². The molecule has 0 spiro atoms. The molecule has 2 fully saturated rings. The van der Waals surface area contributed by atoms with Crippen molar-refractivity contribution in [2.45, 2.75) is 49.1 Å². The first-order chi connectivity index (χ1) is 26.4. The number of anilines is 2. The van der Waals surface area contributed by atoms with E-state index in [1.807, 2.05) is 0 Å². The average Bonchev–Trinajstić information content (AvgIpc) is 3.83. The molecule has 2 saturated heterocycles. The van der Waals surface area contributed by atoms with Gasteiger partial charge in [0.05, 0.1) is 25.9 Å². The second kappa shape index (κ2) is 17.5. The van der Waals surface area contributed by atoms with Crippen LogP contribution in [0.1, 0.15) is 12.5 Å². The maximum Gasteiger partial charge on any atom is 0.490 e. The number of rotatable bonds is 16. The van der Waals surface area contributed by atoms with Gasteiger partial charge in [-0.15, -0.1) is 0 Å². The first-order valence-electron chi connectivity index (χ1n) is 15.1. The minimum Gasteiger partial charge on any atom is -0.387 e. The summed E-state index contributed by atoms with van der Waals surface area (Å²) in [6.45, 7) is -2.34. The zero-order valence-corrected chi connectivity index (χ0v) is 35.1. The molecule has 38 heteroatoms. The normalized spacial score (nSPS) is 30.2. The molecule has 0 saturated carbocycles. The summed E-state index contributed by atoms with van der Waals surface area (Å²) in [5.74, 6) is -0.0770. The van der Waals surface area contributed by atoms with Gasteiger partial charge in [-0.25, -0.2) is 52.7 Å². The van der Waals surface area contributed by atoms with E-state index in [1.165, 1.54) is 0 Å². The van der Waals surface area contributed by atoms with Crippen LogP contribution in [0.3, 0.4) is 0 Å². The number of phosphoric acid groups is 5. The van der Waals surface area contributed by atoms with Gasteiger partial charge in [0.2, 0.25) is 0 Å². The number of aromatic nitrogens is 8. The van der Waals surface area contributed by atoms with Crippen molar-refractivity contribution in [3.63, 3.8) is 0 Å². The third kappa shape index (κ3) is 10.6. The van der Waals surface area contributed by atoms with Gasteiger partial charge in [0.1, 0.15) is 60.3 Å². The molecule has 0 bridgehead atoms. The number of nitrogens with zero attached hydrogens (tertiary/aromatic N) is 8. The van der Waals surface area contributed by atoms with Crippen LogP contribution in [-0.4, -0.2) is 163 Å². The summed E-state index contributed by atoms with van der Waals surface area (Å²) in [4.78, 5) is 72.6. The van der Waals surface area contributed by atoms with Crippen molar-refractivity contribution in [2.24, 2.45) is 0 Å². The standard InChI is InChI=1S/C20H29N10O22P5.Na/c21-15-9-17(25-3-23-15)29(5-27-9)19-13(33)11(31)7(47-19)1-45-53(35,36)49-55(39,40)51-57(43,44)52-56(41,42)50-54(37,38)46-2-8-12(32)14(34)20(48-8)30-6-28-10-16(22)24-4-26-18(10)30;/h3-8,11-14,19-20,31-34H,1-2H2,(H,35,36)(H,37,38)(H,39,40)(H,41,42)(H,43,44)(H2,21,23,25)(H2,22,24,26);/t7-,8-,11-,12-,13-,14-,19-,20-;/m1./s1. The second-order valence-electron chi connectivity index (χ2n) is 11.5. The fourth-order valence-corrected chi connectivity index (χ4v) is 11.6. The molecular weight excluding hydrogens is 910 g/mol. The smallest absolute Gasteiger partial charge is 0.387 e. The molecule has 0 amide bonds. The molecule has 2 aliphatic rings. The van der Waals surface area contributed by atoms with Crippen LogP contribution < -0.4 is 11.5 Å². The molecule has 6 rings (SSSR count). The van der Waals surface area contributed by atoms with Gasteiger partial charge < -0.3 is 65.8 Å². The van der Waals surface area contributed by atoms with E-state index in [-0.39, 0.29) is 63.5 Å². The van der Waals surface area contributed by atoms with Crippen LogP contribution in [0.15, 0.2) is 25.3 Å². The van der Waals surface area contributed by atoms with Crippen molar-refractivity contribution < 1.29 is 103 Å². The van der Waals surface area contributed by atoms with Gasteiger partial charge in [-0.05, 0) is 0 Å². The molecular formula is C20H29N10NaO22P5. The van der Waals surface area contributed by atoms with Crippen LogP contribution in [0.2, 0.25) is 0 Å². The number of phosphoric ester groups is 2. The Kier molecular flexibility index (Phi) is 14.3. The van der Waals surface area contributed by atoms with E-state index in [9.17, 15) is 67.7 Å².